The number of hydrogen-bond acceptors (Lipinski definition) is 2. The summed E-state index contributed by atoms with van der Waals surface area (Å²) >= 11 is 3.27. The fourth-order valence-corrected chi connectivity index (χ4v) is 1.64. The van der Waals surface area contributed by atoms with Gasteiger partial charge in [-0.15, -0.1) is 0 Å². The van der Waals surface area contributed by atoms with Crippen molar-refractivity contribution in [3.63, 3.8) is 0 Å². The van der Waals surface area contributed by atoms with Gasteiger partial charge in [0.2, 0.25) is 0 Å². The summed E-state index contributed by atoms with van der Waals surface area (Å²) in [4.78, 5) is 18.8. The van der Waals surface area contributed by atoms with E-state index in [0.717, 1.165) is 10.2 Å². The third-order valence-electron chi connectivity index (χ3n) is 2.02. The van der Waals surface area contributed by atoms with Gasteiger partial charge in [-0.3, -0.25) is 4.79 Å². The second-order valence-corrected chi connectivity index (χ2v) is 4.27. The molecule has 0 aliphatic heterocycles. The standard InChI is InChI=1S/C11H10BrN3O/c1-7-3-2-4-10(14-7)15-11(16)9-5-8(12)6-13-9/h2-6,13H,1H3,(H,14,15,16). The van der Waals surface area contributed by atoms with Gasteiger partial charge >= 0.3 is 0 Å². The Morgan fingerprint density at radius 2 is 2.31 bits per heavy atom. The molecule has 1 amide bonds. The van der Waals surface area contributed by atoms with Gasteiger partial charge in [-0.1, -0.05) is 6.07 Å². The van der Waals surface area contributed by atoms with Crippen LogP contribution in [0.15, 0.2) is 34.9 Å². The van der Waals surface area contributed by atoms with Crippen LogP contribution in [0.1, 0.15) is 16.2 Å². The lowest BCUT2D eigenvalue weighted by atomic mass is 10.3. The maximum atomic E-state index is 11.7. The maximum Gasteiger partial charge on any atom is 0.273 e. The van der Waals surface area contributed by atoms with E-state index in [9.17, 15) is 4.79 Å². The average Bonchev–Trinajstić information content (AvgIpc) is 2.65. The summed E-state index contributed by atoms with van der Waals surface area (Å²) < 4.78 is 0.842. The number of aromatic amines is 1. The molecular formula is C11H10BrN3O. The second-order valence-electron chi connectivity index (χ2n) is 3.35. The highest BCUT2D eigenvalue weighted by molar-refractivity contribution is 9.10. The minimum atomic E-state index is -0.205. The largest absolute Gasteiger partial charge is 0.356 e. The van der Waals surface area contributed by atoms with Gasteiger partial charge in [0.15, 0.2) is 0 Å². The predicted molar refractivity (Wildman–Crippen MR) is 65.4 cm³/mol. The van der Waals surface area contributed by atoms with Crippen LogP contribution in [0.3, 0.4) is 0 Å². The zero-order valence-electron chi connectivity index (χ0n) is 8.62. The van der Waals surface area contributed by atoms with Gasteiger partial charge in [-0.25, -0.2) is 4.98 Å². The molecule has 2 N–H and O–H groups in total. The Kier molecular flexibility index (Phi) is 3.05. The number of hydrogen-bond donors (Lipinski definition) is 2. The smallest absolute Gasteiger partial charge is 0.273 e. The van der Waals surface area contributed by atoms with Gasteiger partial charge in [-0.2, -0.15) is 0 Å². The van der Waals surface area contributed by atoms with Crippen LogP contribution in [0.25, 0.3) is 0 Å². The molecular weight excluding hydrogens is 270 g/mol. The summed E-state index contributed by atoms with van der Waals surface area (Å²) in [6.45, 7) is 1.88. The summed E-state index contributed by atoms with van der Waals surface area (Å²) in [5, 5.41) is 2.71. The van der Waals surface area contributed by atoms with E-state index in [0.29, 0.717) is 11.5 Å². The third-order valence-corrected chi connectivity index (χ3v) is 2.48. The van der Waals surface area contributed by atoms with E-state index in [-0.39, 0.29) is 5.91 Å². The number of halogens is 1. The van der Waals surface area contributed by atoms with Crippen LogP contribution in [0.4, 0.5) is 5.82 Å². The lowest BCUT2D eigenvalue weighted by Crippen LogP contribution is -2.13. The van der Waals surface area contributed by atoms with E-state index in [2.05, 4.69) is 31.2 Å². The van der Waals surface area contributed by atoms with Crippen LogP contribution in [-0.2, 0) is 0 Å². The van der Waals surface area contributed by atoms with Gasteiger partial charge in [0.25, 0.3) is 5.91 Å². The topological polar surface area (TPSA) is 57.8 Å². The number of nitrogens with zero attached hydrogens (tertiary/aromatic N) is 1. The van der Waals surface area contributed by atoms with E-state index >= 15 is 0 Å². The molecule has 82 valence electrons. The van der Waals surface area contributed by atoms with E-state index in [1.165, 1.54) is 0 Å². The minimum Gasteiger partial charge on any atom is -0.356 e. The van der Waals surface area contributed by atoms with Crippen LogP contribution in [0.5, 0.6) is 0 Å². The quantitative estimate of drug-likeness (QED) is 0.888. The first-order valence-corrected chi connectivity index (χ1v) is 5.53. The number of rotatable bonds is 2. The number of amides is 1. The third kappa shape index (κ3) is 2.49. The van der Waals surface area contributed by atoms with Gasteiger partial charge < -0.3 is 10.3 Å². The number of aryl methyl sites for hydroxylation is 1. The molecule has 0 saturated heterocycles. The van der Waals surface area contributed by atoms with Crippen molar-refractivity contribution in [3.05, 3.63) is 46.3 Å². The minimum absolute atomic E-state index is 0.205. The molecule has 2 heterocycles. The van der Waals surface area contributed by atoms with Crippen molar-refractivity contribution in [2.75, 3.05) is 5.32 Å². The van der Waals surface area contributed by atoms with Crippen molar-refractivity contribution >= 4 is 27.7 Å². The first-order chi connectivity index (χ1) is 7.65. The fourth-order valence-electron chi connectivity index (χ4n) is 1.30. The molecule has 0 aliphatic carbocycles. The van der Waals surface area contributed by atoms with Crippen molar-refractivity contribution in [1.29, 1.82) is 0 Å². The Bertz CT molecular complexity index is 521. The molecule has 0 fully saturated rings. The Morgan fingerprint density at radius 3 is 2.94 bits per heavy atom. The predicted octanol–water partition coefficient (Wildman–Crippen LogP) is 2.73. The molecule has 2 aromatic heterocycles. The van der Waals surface area contributed by atoms with E-state index in [1.807, 2.05) is 19.1 Å². The summed E-state index contributed by atoms with van der Waals surface area (Å²) in [5.74, 6) is 0.347. The Labute approximate surface area is 101 Å². The molecule has 2 rings (SSSR count). The van der Waals surface area contributed by atoms with E-state index < -0.39 is 0 Å². The lowest BCUT2D eigenvalue weighted by Gasteiger charge is -2.02. The van der Waals surface area contributed by atoms with Crippen LogP contribution >= 0.6 is 15.9 Å². The van der Waals surface area contributed by atoms with Crippen LogP contribution in [-0.4, -0.2) is 15.9 Å². The van der Waals surface area contributed by atoms with Crippen molar-refractivity contribution in [1.82, 2.24) is 9.97 Å². The molecule has 0 bridgehead atoms. The molecule has 0 spiro atoms. The molecule has 0 unspecified atom stereocenters. The first-order valence-electron chi connectivity index (χ1n) is 4.74. The highest BCUT2D eigenvalue weighted by Crippen LogP contribution is 2.12. The SMILES string of the molecule is Cc1cccc(NC(=O)c2cc(Br)c[nH]2)n1. The molecule has 0 saturated carbocycles. The van der Waals surface area contributed by atoms with Gasteiger partial charge in [0, 0.05) is 16.4 Å². The maximum absolute atomic E-state index is 11.7. The van der Waals surface area contributed by atoms with Crippen molar-refractivity contribution < 1.29 is 4.79 Å². The molecule has 4 nitrogen and oxygen atoms in total. The van der Waals surface area contributed by atoms with E-state index in [1.54, 1.807) is 18.3 Å². The van der Waals surface area contributed by atoms with Crippen molar-refractivity contribution in [3.8, 4) is 0 Å². The molecule has 2 aromatic rings. The summed E-state index contributed by atoms with van der Waals surface area (Å²) in [6.07, 6.45) is 1.71. The summed E-state index contributed by atoms with van der Waals surface area (Å²) in [5.41, 5.74) is 1.36. The molecule has 0 radical (unpaired) electrons. The molecule has 5 heteroatoms. The van der Waals surface area contributed by atoms with Gasteiger partial charge in [0.05, 0.1) is 0 Å². The molecule has 0 atom stereocenters. The number of H-pyrrole nitrogens is 1. The molecule has 0 aromatic carbocycles. The number of nitrogens with one attached hydrogen (secondary N) is 2. The number of aromatic nitrogens is 2. The van der Waals surface area contributed by atoms with Crippen molar-refractivity contribution in [2.45, 2.75) is 6.92 Å². The lowest BCUT2D eigenvalue weighted by molar-refractivity contribution is 0.102. The highest BCUT2D eigenvalue weighted by atomic mass is 79.9. The second kappa shape index (κ2) is 4.49. The van der Waals surface area contributed by atoms with Crippen LogP contribution < -0.4 is 5.32 Å². The molecule has 0 aliphatic rings. The Hall–Kier alpha value is -1.62. The van der Waals surface area contributed by atoms with E-state index in [4.69, 9.17) is 0 Å². The first kappa shape index (κ1) is 10.9. The average molecular weight is 280 g/mol. The zero-order chi connectivity index (χ0) is 11.5. The molecule has 16 heavy (non-hydrogen) atoms. The van der Waals surface area contributed by atoms with Gasteiger partial charge in [-0.05, 0) is 41.1 Å². The number of pyridine rings is 1. The fraction of sp³-hybridized carbons (Fsp3) is 0.0909. The van der Waals surface area contributed by atoms with Crippen LogP contribution in [0, 0.1) is 6.92 Å². The van der Waals surface area contributed by atoms with Crippen molar-refractivity contribution in [2.24, 2.45) is 0 Å². The highest BCUT2D eigenvalue weighted by Gasteiger charge is 2.08. The number of anilines is 1. The zero-order valence-corrected chi connectivity index (χ0v) is 10.2. The number of carbonyl (C=O) groups is 1. The summed E-state index contributed by atoms with van der Waals surface area (Å²) in [6, 6.07) is 7.19. The Morgan fingerprint density at radius 1 is 1.50 bits per heavy atom. The van der Waals surface area contributed by atoms with Gasteiger partial charge in [0.1, 0.15) is 11.5 Å². The number of carbonyl (C=O) groups excluding carboxylic acids is 1. The monoisotopic (exact) mass is 279 g/mol. The van der Waals surface area contributed by atoms with Crippen LogP contribution in [0.2, 0.25) is 0 Å². The Balaban J connectivity index is 2.13. The summed E-state index contributed by atoms with van der Waals surface area (Å²) in [7, 11) is 0. The normalized spacial score (nSPS) is 10.1.